The van der Waals surface area contributed by atoms with Gasteiger partial charge in [0, 0.05) is 37.9 Å². The number of cyclic esters (lactones) is 1. The van der Waals surface area contributed by atoms with Crippen molar-refractivity contribution in [3.8, 4) is 0 Å². The first-order valence-corrected chi connectivity index (χ1v) is 19.3. The molecule has 3 heterocycles. The maximum absolute atomic E-state index is 12.8. The Kier molecular flexibility index (Phi) is 10.9. The molecule has 19 atom stereocenters. The Morgan fingerprint density at radius 3 is 2.32 bits per heavy atom. The van der Waals surface area contributed by atoms with E-state index in [0.717, 1.165) is 50.5 Å². The molecule has 7 aliphatic rings. The van der Waals surface area contributed by atoms with Crippen molar-refractivity contribution in [3.63, 3.8) is 0 Å². The highest BCUT2D eigenvalue weighted by molar-refractivity contribution is 5.85. The van der Waals surface area contributed by atoms with E-state index in [1.54, 1.807) is 6.92 Å². The van der Waals surface area contributed by atoms with Gasteiger partial charge in [-0.1, -0.05) is 13.8 Å². The first-order chi connectivity index (χ1) is 25.1. The zero-order valence-corrected chi connectivity index (χ0v) is 31.2. The predicted octanol–water partition coefficient (Wildman–Crippen LogP) is 0.476. The van der Waals surface area contributed by atoms with Crippen LogP contribution >= 0.6 is 0 Å². The standard InChI is InChI=1S/C38H58O15/c1-17-32(53-34-30(44)29(43)28(42)25(15-39)52-34)33(47-5)31(45)35(49-17)51-21-8-10-36(3)20(13-21)6-7-23-22(36)9-11-37(4)27(19-12-26(41)48-16-19)24(50-18(2)40)14-38(23,37)46/h12,17,20-25,27-35,39,42-46H,6-11,13-16H2,1-5H3/t17-,20+,21+,22+,23-,24+,25-,27+,28-,29+,30-,31-,32+,33-,34+,35+,36+,37-,38+/m1/s1. The minimum atomic E-state index is -1.62. The molecule has 4 aliphatic carbocycles. The van der Waals surface area contributed by atoms with E-state index in [0.29, 0.717) is 12.3 Å². The number of rotatable bonds is 8. The van der Waals surface area contributed by atoms with Gasteiger partial charge < -0.3 is 63.8 Å². The summed E-state index contributed by atoms with van der Waals surface area (Å²) in [7, 11) is 1.42. The van der Waals surface area contributed by atoms with Crippen molar-refractivity contribution in [2.45, 2.75) is 158 Å². The Labute approximate surface area is 309 Å². The number of esters is 2. The highest BCUT2D eigenvalue weighted by Gasteiger charge is 2.71. The molecule has 0 radical (unpaired) electrons. The summed E-state index contributed by atoms with van der Waals surface area (Å²) in [6, 6.07) is 0. The van der Waals surface area contributed by atoms with E-state index in [2.05, 4.69) is 13.8 Å². The van der Waals surface area contributed by atoms with Gasteiger partial charge in [-0.15, -0.1) is 0 Å². The highest BCUT2D eigenvalue weighted by atomic mass is 16.7. The SMILES string of the molecule is CO[C@@H]1[C@@H](O)[C@H](O[C@H]2CC[C@@]3(C)[C@@H](CC[C@@H]4[C@@H]3CC[C@]3(C)[C@@H](C5=CC(=O)OC5)[C@@H](OC(C)=O)C[C@]43O)C2)O[C@H](C)[C@@H]1O[C@@H]1O[C@H](CO)[C@@H](O)[C@H](O)[C@H]1O. The first kappa shape index (κ1) is 39.5. The van der Waals surface area contributed by atoms with Gasteiger partial charge in [-0.25, -0.2) is 4.79 Å². The normalized spacial score (nSPS) is 52.5. The molecule has 4 saturated carbocycles. The number of hydrogen-bond acceptors (Lipinski definition) is 15. The van der Waals surface area contributed by atoms with E-state index < -0.39 is 97.1 Å². The summed E-state index contributed by atoms with van der Waals surface area (Å²) in [5.74, 6) is -0.574. The van der Waals surface area contributed by atoms with Gasteiger partial charge in [0.15, 0.2) is 12.6 Å². The summed E-state index contributed by atoms with van der Waals surface area (Å²) in [5, 5.41) is 64.8. The third-order valence-electron chi connectivity index (χ3n) is 14.7. The molecule has 0 unspecified atom stereocenters. The average Bonchev–Trinajstić information content (AvgIpc) is 3.63. The second kappa shape index (κ2) is 14.6. The fourth-order valence-corrected chi connectivity index (χ4v) is 11.9. The number of fused-ring (bicyclic) bond motifs is 5. The molecule has 53 heavy (non-hydrogen) atoms. The number of carbonyl (C=O) groups excluding carboxylic acids is 2. The Balaban J connectivity index is 1.02. The molecule has 7 rings (SSSR count). The Morgan fingerprint density at radius 2 is 1.66 bits per heavy atom. The lowest BCUT2D eigenvalue weighted by molar-refractivity contribution is -0.362. The Morgan fingerprint density at radius 1 is 0.925 bits per heavy atom. The number of carbonyl (C=O) groups is 2. The quantitative estimate of drug-likeness (QED) is 0.147. The van der Waals surface area contributed by atoms with Crippen LogP contribution in [-0.4, -0.2) is 142 Å². The molecular weight excluding hydrogens is 696 g/mol. The Bertz CT molecular complexity index is 1410. The van der Waals surface area contributed by atoms with Crippen molar-refractivity contribution < 1.29 is 73.4 Å². The molecule has 2 saturated heterocycles. The molecule has 0 spiro atoms. The van der Waals surface area contributed by atoms with Gasteiger partial charge in [0.25, 0.3) is 0 Å². The molecule has 0 bridgehead atoms. The monoisotopic (exact) mass is 754 g/mol. The molecular formula is C38H58O15. The van der Waals surface area contributed by atoms with Gasteiger partial charge >= 0.3 is 11.9 Å². The average molecular weight is 755 g/mol. The van der Waals surface area contributed by atoms with E-state index in [4.69, 9.17) is 33.2 Å². The predicted molar refractivity (Wildman–Crippen MR) is 181 cm³/mol. The van der Waals surface area contributed by atoms with Crippen molar-refractivity contribution in [1.82, 2.24) is 0 Å². The van der Waals surface area contributed by atoms with Gasteiger partial charge in [-0.05, 0) is 80.6 Å². The molecule has 15 heteroatoms. The van der Waals surface area contributed by atoms with Crippen LogP contribution in [0.1, 0.15) is 79.1 Å². The lowest BCUT2D eigenvalue weighted by Gasteiger charge is -2.63. The number of ether oxygens (including phenoxy) is 7. The summed E-state index contributed by atoms with van der Waals surface area (Å²) in [6.07, 6.45) is -5.51. The van der Waals surface area contributed by atoms with Crippen molar-refractivity contribution >= 4 is 11.9 Å². The van der Waals surface area contributed by atoms with E-state index >= 15 is 0 Å². The van der Waals surface area contributed by atoms with Gasteiger partial charge in [-0.3, -0.25) is 4.79 Å². The third-order valence-corrected chi connectivity index (χ3v) is 14.7. The number of methoxy groups -OCH3 is 1. The van der Waals surface area contributed by atoms with Gasteiger partial charge in [0.1, 0.15) is 55.4 Å². The maximum atomic E-state index is 12.8. The van der Waals surface area contributed by atoms with Crippen LogP contribution in [0.4, 0.5) is 0 Å². The molecule has 6 N–H and O–H groups in total. The summed E-state index contributed by atoms with van der Waals surface area (Å²) in [6.45, 7) is 7.09. The van der Waals surface area contributed by atoms with Crippen LogP contribution < -0.4 is 0 Å². The Hall–Kier alpha value is -1.76. The fourth-order valence-electron chi connectivity index (χ4n) is 11.9. The van der Waals surface area contributed by atoms with E-state index in [1.807, 2.05) is 0 Å². The van der Waals surface area contributed by atoms with Crippen LogP contribution in [0.3, 0.4) is 0 Å². The summed E-state index contributed by atoms with van der Waals surface area (Å²) in [4.78, 5) is 24.4. The van der Waals surface area contributed by atoms with Gasteiger partial charge in [0.05, 0.1) is 24.4 Å². The van der Waals surface area contributed by atoms with Crippen LogP contribution in [0.15, 0.2) is 11.6 Å². The second-order valence-electron chi connectivity index (χ2n) is 17.3. The van der Waals surface area contributed by atoms with Crippen molar-refractivity contribution in [1.29, 1.82) is 0 Å². The molecule has 3 aliphatic heterocycles. The molecule has 0 aromatic heterocycles. The minimum absolute atomic E-state index is 0.00547. The smallest absolute Gasteiger partial charge is 0.331 e. The van der Waals surface area contributed by atoms with Crippen LogP contribution in [0.2, 0.25) is 0 Å². The summed E-state index contributed by atoms with van der Waals surface area (Å²) < 4.78 is 41.0. The molecule has 6 fully saturated rings. The van der Waals surface area contributed by atoms with Gasteiger partial charge in [-0.2, -0.15) is 0 Å². The summed E-state index contributed by atoms with van der Waals surface area (Å²) in [5.41, 5.74) is -0.960. The lowest BCUT2D eigenvalue weighted by Crippen LogP contribution is -2.64. The number of aliphatic hydroxyl groups excluding tert-OH is 5. The van der Waals surface area contributed by atoms with Crippen molar-refractivity contribution in [2.75, 3.05) is 20.3 Å². The third kappa shape index (κ3) is 6.49. The molecule has 15 nitrogen and oxygen atoms in total. The van der Waals surface area contributed by atoms with Crippen molar-refractivity contribution in [3.05, 3.63) is 11.6 Å². The van der Waals surface area contributed by atoms with E-state index in [1.165, 1.54) is 20.1 Å². The van der Waals surface area contributed by atoms with Crippen LogP contribution in [-0.2, 0) is 42.7 Å². The maximum Gasteiger partial charge on any atom is 0.331 e. The van der Waals surface area contributed by atoms with Crippen LogP contribution in [0.5, 0.6) is 0 Å². The zero-order valence-electron chi connectivity index (χ0n) is 31.2. The second-order valence-corrected chi connectivity index (χ2v) is 17.3. The minimum Gasteiger partial charge on any atom is -0.462 e. The van der Waals surface area contributed by atoms with Crippen LogP contribution in [0, 0.1) is 34.5 Å². The van der Waals surface area contributed by atoms with Crippen molar-refractivity contribution in [2.24, 2.45) is 34.5 Å². The summed E-state index contributed by atoms with van der Waals surface area (Å²) >= 11 is 0. The molecule has 300 valence electrons. The first-order valence-electron chi connectivity index (χ1n) is 19.3. The fraction of sp³-hybridized carbons (Fsp3) is 0.895. The van der Waals surface area contributed by atoms with E-state index in [9.17, 15) is 40.2 Å². The number of hydrogen-bond donors (Lipinski definition) is 6. The lowest BCUT2D eigenvalue weighted by atomic mass is 9.43. The van der Waals surface area contributed by atoms with Gasteiger partial charge in [0.2, 0.25) is 0 Å². The molecule has 0 aromatic carbocycles. The van der Waals surface area contributed by atoms with E-state index in [-0.39, 0.29) is 35.9 Å². The van der Waals surface area contributed by atoms with Crippen LogP contribution in [0.25, 0.3) is 0 Å². The largest absolute Gasteiger partial charge is 0.462 e. The zero-order chi connectivity index (χ0) is 38.2. The molecule has 0 amide bonds. The number of aliphatic hydroxyl groups is 6. The topological polar surface area (TPSA) is 220 Å². The molecule has 0 aromatic rings. The highest BCUT2D eigenvalue weighted by Crippen LogP contribution is 2.70.